The lowest BCUT2D eigenvalue weighted by Crippen LogP contribution is -2.40. The highest BCUT2D eigenvalue weighted by molar-refractivity contribution is 5.77. The van der Waals surface area contributed by atoms with Crippen LogP contribution in [-0.4, -0.2) is 76.1 Å². The fraction of sp³-hybridized carbons (Fsp3) is 0.632. The number of aromatic nitrogens is 3. The van der Waals surface area contributed by atoms with Crippen LogP contribution in [0.4, 0.5) is 0 Å². The molecule has 7 nitrogen and oxygen atoms in total. The summed E-state index contributed by atoms with van der Waals surface area (Å²) in [6.45, 7) is 2.75. The molecule has 3 fully saturated rings. The fourth-order valence-electron chi connectivity index (χ4n) is 5.24. The van der Waals surface area contributed by atoms with Crippen LogP contribution < -0.4 is 0 Å². The van der Waals surface area contributed by atoms with E-state index in [0.717, 1.165) is 43.5 Å². The van der Waals surface area contributed by atoms with Gasteiger partial charge >= 0.3 is 0 Å². The van der Waals surface area contributed by atoms with Crippen LogP contribution in [0.25, 0.3) is 11.0 Å². The molecule has 2 aromatic rings. The molecular weight excluding hydrogens is 330 g/mol. The summed E-state index contributed by atoms with van der Waals surface area (Å²) in [5.74, 6) is 1.07. The fourth-order valence-corrected chi connectivity index (χ4v) is 5.24. The molecule has 26 heavy (non-hydrogen) atoms. The van der Waals surface area contributed by atoms with Crippen LogP contribution in [0.5, 0.6) is 0 Å². The zero-order valence-corrected chi connectivity index (χ0v) is 15.3. The van der Waals surface area contributed by atoms with Gasteiger partial charge in [-0.2, -0.15) is 15.0 Å². The van der Waals surface area contributed by atoms with Gasteiger partial charge in [0.1, 0.15) is 17.6 Å². The molecule has 4 atom stereocenters. The number of benzene rings is 1. The highest BCUT2D eigenvalue weighted by Crippen LogP contribution is 2.54. The van der Waals surface area contributed by atoms with E-state index in [-0.39, 0.29) is 18.1 Å². The lowest BCUT2D eigenvalue weighted by molar-refractivity contribution is -0.132. The Kier molecular flexibility index (Phi) is 3.59. The highest BCUT2D eigenvalue weighted by atomic mass is 16.5. The topological polar surface area (TPSA) is 63.5 Å². The van der Waals surface area contributed by atoms with E-state index in [1.165, 1.54) is 4.80 Å². The predicted octanol–water partition coefficient (Wildman–Crippen LogP) is 0.999. The standard InChI is InChI=1S/C19H25N5O2/c1-22(2)9-13-14-10-23(12-19(14)8-7-17(13)26-19)18(25)11-24-20-15-5-3-4-6-16(15)21-24/h3-6,13-14,17H,7-12H2,1-2H3/t13-,14+,17+,19+/m0/s1. The Balaban J connectivity index is 1.31. The molecule has 3 aliphatic rings. The first-order chi connectivity index (χ1) is 12.5. The van der Waals surface area contributed by atoms with Gasteiger partial charge in [0, 0.05) is 24.9 Å². The predicted molar refractivity (Wildman–Crippen MR) is 96.5 cm³/mol. The summed E-state index contributed by atoms with van der Waals surface area (Å²) in [6, 6.07) is 7.70. The minimum absolute atomic E-state index is 0.0877. The molecule has 7 heteroatoms. The Morgan fingerprint density at radius 2 is 2.04 bits per heavy atom. The molecule has 138 valence electrons. The van der Waals surface area contributed by atoms with Gasteiger partial charge in [-0.15, -0.1) is 0 Å². The van der Waals surface area contributed by atoms with E-state index in [2.05, 4.69) is 29.2 Å². The van der Waals surface area contributed by atoms with Gasteiger partial charge < -0.3 is 14.5 Å². The van der Waals surface area contributed by atoms with Crippen molar-refractivity contribution >= 4 is 16.9 Å². The van der Waals surface area contributed by atoms with Crippen LogP contribution in [0.1, 0.15) is 12.8 Å². The first kappa shape index (κ1) is 16.2. The van der Waals surface area contributed by atoms with Crippen molar-refractivity contribution in [3.63, 3.8) is 0 Å². The third-order valence-electron chi connectivity index (χ3n) is 6.32. The Bertz CT molecular complexity index is 816. The number of hydrogen-bond acceptors (Lipinski definition) is 5. The van der Waals surface area contributed by atoms with Crippen molar-refractivity contribution in [3.8, 4) is 0 Å². The van der Waals surface area contributed by atoms with E-state index in [1.54, 1.807) is 0 Å². The van der Waals surface area contributed by atoms with E-state index in [4.69, 9.17) is 4.74 Å². The molecule has 1 aromatic carbocycles. The van der Waals surface area contributed by atoms with Crippen molar-refractivity contribution in [2.75, 3.05) is 33.7 Å². The van der Waals surface area contributed by atoms with Gasteiger partial charge in [-0.05, 0) is 39.1 Å². The Morgan fingerprint density at radius 3 is 2.73 bits per heavy atom. The van der Waals surface area contributed by atoms with Crippen LogP contribution in [0.15, 0.2) is 24.3 Å². The number of hydrogen-bond donors (Lipinski definition) is 0. The van der Waals surface area contributed by atoms with Crippen LogP contribution >= 0.6 is 0 Å². The average molecular weight is 355 g/mol. The Labute approximate surface area is 152 Å². The SMILES string of the molecule is CN(C)C[C@H]1[C@H]2CN(C(=O)Cn3nc4ccccc4n3)C[C@]23CC[C@H]1O3. The second-order valence-corrected chi connectivity index (χ2v) is 8.29. The lowest BCUT2D eigenvalue weighted by Gasteiger charge is -2.30. The summed E-state index contributed by atoms with van der Waals surface area (Å²) >= 11 is 0. The van der Waals surface area contributed by atoms with Crippen molar-refractivity contribution in [2.24, 2.45) is 11.8 Å². The van der Waals surface area contributed by atoms with E-state index in [9.17, 15) is 4.79 Å². The number of fused-ring (bicyclic) bond motifs is 2. The molecule has 4 heterocycles. The number of nitrogens with zero attached hydrogens (tertiary/aromatic N) is 5. The molecule has 0 radical (unpaired) electrons. The van der Waals surface area contributed by atoms with Crippen molar-refractivity contribution < 1.29 is 9.53 Å². The molecule has 0 saturated carbocycles. The first-order valence-electron chi connectivity index (χ1n) is 9.44. The molecule has 1 aromatic heterocycles. The minimum atomic E-state index is -0.108. The van der Waals surface area contributed by atoms with Gasteiger partial charge in [0.2, 0.25) is 5.91 Å². The summed E-state index contributed by atoms with van der Waals surface area (Å²) in [5.41, 5.74) is 1.54. The van der Waals surface area contributed by atoms with Gasteiger partial charge in [-0.3, -0.25) is 4.79 Å². The quantitative estimate of drug-likeness (QED) is 0.819. The zero-order valence-electron chi connectivity index (χ0n) is 15.3. The maximum absolute atomic E-state index is 12.9. The summed E-state index contributed by atoms with van der Waals surface area (Å²) in [5, 5.41) is 8.83. The lowest BCUT2D eigenvalue weighted by atomic mass is 9.73. The molecule has 1 spiro atoms. The van der Waals surface area contributed by atoms with Crippen LogP contribution in [0.3, 0.4) is 0 Å². The normalized spacial score (nSPS) is 32.7. The van der Waals surface area contributed by atoms with E-state index < -0.39 is 0 Å². The van der Waals surface area contributed by atoms with Crippen LogP contribution in [-0.2, 0) is 16.1 Å². The number of carbonyl (C=O) groups is 1. The van der Waals surface area contributed by atoms with Gasteiger partial charge in [0.15, 0.2) is 0 Å². The smallest absolute Gasteiger partial charge is 0.246 e. The zero-order chi connectivity index (χ0) is 17.9. The Hall–Kier alpha value is -1.99. The summed E-state index contributed by atoms with van der Waals surface area (Å²) in [4.78, 5) is 18.6. The summed E-state index contributed by atoms with van der Waals surface area (Å²) in [7, 11) is 4.23. The molecule has 5 rings (SSSR count). The molecule has 0 aliphatic carbocycles. The molecule has 1 amide bonds. The van der Waals surface area contributed by atoms with E-state index in [1.807, 2.05) is 29.2 Å². The average Bonchev–Trinajstić information content (AvgIpc) is 3.33. The summed E-state index contributed by atoms with van der Waals surface area (Å²) in [6.07, 6.45) is 2.58. The molecular formula is C19H25N5O2. The largest absolute Gasteiger partial charge is 0.369 e. The van der Waals surface area contributed by atoms with Gasteiger partial charge in [0.25, 0.3) is 0 Å². The second-order valence-electron chi connectivity index (χ2n) is 8.29. The van der Waals surface area contributed by atoms with E-state index >= 15 is 0 Å². The maximum Gasteiger partial charge on any atom is 0.246 e. The van der Waals surface area contributed by atoms with Crippen molar-refractivity contribution in [2.45, 2.75) is 31.1 Å². The molecule has 0 unspecified atom stereocenters. The maximum atomic E-state index is 12.9. The third kappa shape index (κ3) is 2.45. The highest BCUT2D eigenvalue weighted by Gasteiger charge is 2.63. The monoisotopic (exact) mass is 355 g/mol. The van der Waals surface area contributed by atoms with Crippen molar-refractivity contribution in [1.29, 1.82) is 0 Å². The van der Waals surface area contributed by atoms with E-state index in [0.29, 0.717) is 17.9 Å². The second kappa shape index (κ2) is 5.76. The van der Waals surface area contributed by atoms with Crippen molar-refractivity contribution in [1.82, 2.24) is 24.8 Å². The first-order valence-corrected chi connectivity index (χ1v) is 9.44. The molecule has 2 bridgehead atoms. The third-order valence-corrected chi connectivity index (χ3v) is 6.32. The van der Waals surface area contributed by atoms with Crippen molar-refractivity contribution in [3.05, 3.63) is 24.3 Å². The minimum Gasteiger partial charge on any atom is -0.369 e. The van der Waals surface area contributed by atoms with Gasteiger partial charge in [-0.1, -0.05) is 12.1 Å². The van der Waals surface area contributed by atoms with Crippen LogP contribution in [0.2, 0.25) is 0 Å². The number of amides is 1. The Morgan fingerprint density at radius 1 is 1.31 bits per heavy atom. The molecule has 0 N–H and O–H groups in total. The van der Waals surface area contributed by atoms with Crippen LogP contribution in [0, 0.1) is 11.8 Å². The van der Waals surface area contributed by atoms with Gasteiger partial charge in [-0.25, -0.2) is 0 Å². The number of likely N-dealkylation sites (tertiary alicyclic amines) is 1. The number of ether oxygens (including phenoxy) is 1. The number of rotatable bonds is 4. The number of carbonyl (C=O) groups excluding carboxylic acids is 1. The molecule has 3 aliphatic heterocycles. The molecule has 3 saturated heterocycles. The summed E-state index contributed by atoms with van der Waals surface area (Å²) < 4.78 is 6.42. The van der Waals surface area contributed by atoms with Gasteiger partial charge in [0.05, 0.1) is 18.2 Å².